The van der Waals surface area contributed by atoms with Gasteiger partial charge >= 0.3 is 11.9 Å². The number of hydrogen-bond donors (Lipinski definition) is 6. The molecule has 0 aromatic heterocycles. The van der Waals surface area contributed by atoms with Crippen molar-refractivity contribution in [2.45, 2.75) is 226 Å². The van der Waals surface area contributed by atoms with Gasteiger partial charge in [0.2, 0.25) is 23.6 Å². The first-order valence-corrected chi connectivity index (χ1v) is 28.6. The molecule has 0 bridgehead atoms. The molecule has 410 valence electrons. The molecule has 0 rings (SSSR count). The summed E-state index contributed by atoms with van der Waals surface area (Å²) in [6.45, 7) is 8.29. The number of primary amides is 1. The Morgan fingerprint density at radius 1 is 0.557 bits per heavy atom. The summed E-state index contributed by atoms with van der Waals surface area (Å²) in [6.07, 6.45) is 31.4. The van der Waals surface area contributed by atoms with Crippen LogP contribution in [-0.4, -0.2) is 123 Å². The van der Waals surface area contributed by atoms with Crippen LogP contribution in [0.4, 0.5) is 0 Å². The Kier molecular flexibility index (Phi) is 46.2. The fourth-order valence-corrected chi connectivity index (χ4v) is 8.75. The van der Waals surface area contributed by atoms with E-state index < -0.39 is 42.5 Å². The second-order valence-electron chi connectivity index (χ2n) is 19.1. The minimum absolute atomic E-state index is 0.0620. The second kappa shape index (κ2) is 48.3. The van der Waals surface area contributed by atoms with Crippen molar-refractivity contribution in [2.24, 2.45) is 23.3 Å². The third-order valence-corrected chi connectivity index (χ3v) is 13.6. The number of hydrogen-bond acceptors (Lipinski definition) is 13. The Morgan fingerprint density at radius 2 is 1.03 bits per heavy atom. The van der Waals surface area contributed by atoms with Crippen LogP contribution in [0, 0.1) is 11.8 Å². The van der Waals surface area contributed by atoms with E-state index in [1.165, 1.54) is 134 Å². The van der Waals surface area contributed by atoms with Gasteiger partial charge in [0.15, 0.2) is 0 Å². The highest BCUT2D eigenvalue weighted by Crippen LogP contribution is 2.20. The molecule has 0 aromatic carbocycles. The average Bonchev–Trinajstić information content (AvgIpc) is 3.34. The fraction of sp³-hybridized carbons (Fsp3) is 0.887. The molecular formula is C53H101N5O11S. The van der Waals surface area contributed by atoms with Crippen molar-refractivity contribution >= 4 is 47.3 Å². The van der Waals surface area contributed by atoms with E-state index >= 15 is 0 Å². The van der Waals surface area contributed by atoms with Crippen LogP contribution in [0.5, 0.6) is 0 Å². The largest absolute Gasteiger partial charge is 0.465 e. The van der Waals surface area contributed by atoms with Crippen LogP contribution < -0.4 is 27.4 Å². The summed E-state index contributed by atoms with van der Waals surface area (Å²) in [6, 6.07) is -2.26. The number of unbranched alkanes of at least 4 members (excludes halogenated alkanes) is 22. The predicted octanol–water partition coefficient (Wildman–Crippen LogP) is 7.96. The topological polar surface area (TPSA) is 248 Å². The highest BCUT2D eigenvalue weighted by Gasteiger charge is 2.25. The molecule has 0 aliphatic heterocycles. The van der Waals surface area contributed by atoms with Crippen molar-refractivity contribution in [3.05, 3.63) is 0 Å². The van der Waals surface area contributed by atoms with E-state index in [4.69, 9.17) is 30.4 Å². The van der Waals surface area contributed by atoms with Crippen molar-refractivity contribution in [1.82, 2.24) is 16.0 Å². The molecule has 0 aliphatic carbocycles. The third kappa shape index (κ3) is 41.6. The summed E-state index contributed by atoms with van der Waals surface area (Å²) < 4.78 is 22.4. The molecule has 0 spiro atoms. The molecule has 0 aliphatic rings. The van der Waals surface area contributed by atoms with E-state index in [9.17, 15) is 33.9 Å². The van der Waals surface area contributed by atoms with Crippen molar-refractivity contribution in [3.8, 4) is 0 Å². The molecule has 0 saturated carbocycles. The summed E-state index contributed by atoms with van der Waals surface area (Å²) in [5.74, 6) is -2.80. The zero-order valence-electron chi connectivity index (χ0n) is 44.3. The summed E-state index contributed by atoms with van der Waals surface area (Å²) in [5, 5.41) is 17.3. The number of aliphatic hydroxyl groups is 1. The quantitative estimate of drug-likeness (QED) is 0.0250. The van der Waals surface area contributed by atoms with E-state index in [-0.39, 0.29) is 88.0 Å². The molecule has 0 fully saturated rings. The molecule has 0 unspecified atom stereocenters. The molecule has 8 N–H and O–H groups in total. The van der Waals surface area contributed by atoms with Crippen LogP contribution in [-0.2, 0) is 47.7 Å². The summed E-state index contributed by atoms with van der Waals surface area (Å²) in [7, 11) is 0. The Hall–Kier alpha value is -2.99. The first-order chi connectivity index (χ1) is 33.9. The normalized spacial score (nSPS) is 13.5. The maximum absolute atomic E-state index is 13.3. The highest BCUT2D eigenvalue weighted by molar-refractivity contribution is 7.99. The van der Waals surface area contributed by atoms with Crippen LogP contribution >= 0.6 is 11.8 Å². The SMILES string of the molecule is CCCCCCCCCCCCCC[C@@H](C)C(=O)OCC[C@H](CSC[C@H](N)C(=O)N[C@@H](CO)C(=O)NCCOCCOCCC(=O)NCC(N)=O)OC(=O)[C@H](C)CCCCCCCCCCCCCC. The average molecular weight is 1020 g/mol. The zero-order chi connectivity index (χ0) is 51.9. The number of nitrogens with two attached hydrogens (primary N) is 2. The Bertz CT molecular complexity index is 1330. The predicted molar refractivity (Wildman–Crippen MR) is 281 cm³/mol. The van der Waals surface area contributed by atoms with Crippen LogP contribution in [0.2, 0.25) is 0 Å². The maximum Gasteiger partial charge on any atom is 0.308 e. The van der Waals surface area contributed by atoms with E-state index in [1.54, 1.807) is 0 Å². The Labute approximate surface area is 427 Å². The van der Waals surface area contributed by atoms with Crippen molar-refractivity contribution < 1.29 is 52.8 Å². The molecule has 5 atom stereocenters. The van der Waals surface area contributed by atoms with E-state index in [2.05, 4.69) is 29.8 Å². The first kappa shape index (κ1) is 67.0. The number of thioether (sulfide) groups is 1. The molecule has 0 radical (unpaired) electrons. The number of nitrogens with one attached hydrogen (secondary N) is 3. The van der Waals surface area contributed by atoms with Crippen molar-refractivity contribution in [1.29, 1.82) is 0 Å². The zero-order valence-corrected chi connectivity index (χ0v) is 45.2. The molecule has 70 heavy (non-hydrogen) atoms. The number of aliphatic hydroxyl groups excluding tert-OH is 1. The number of carbonyl (C=O) groups excluding carboxylic acids is 6. The van der Waals surface area contributed by atoms with Gasteiger partial charge in [0.25, 0.3) is 0 Å². The monoisotopic (exact) mass is 1020 g/mol. The standard InChI is InChI=1S/C53H101N5O11S/c1-5-7-9-11-13-15-17-19-21-23-25-27-29-43(3)52(64)68-35-31-45(69-53(65)44(4)30-28-26-24-22-20-18-16-14-12-10-8-6-2)41-70-42-46(54)50(62)58-47(40-59)51(63)56-33-36-67-38-37-66-34-32-49(61)57-39-48(55)60/h43-47,59H,5-42,54H2,1-4H3,(H2,55,60)(H,56,63)(H,57,61)(H,58,62)/t43-,44-,45-,46+,47+/m1/s1. The Morgan fingerprint density at radius 3 is 1.51 bits per heavy atom. The summed E-state index contributed by atoms with van der Waals surface area (Å²) >= 11 is 1.32. The number of amides is 4. The summed E-state index contributed by atoms with van der Waals surface area (Å²) in [4.78, 5) is 74.2. The van der Waals surface area contributed by atoms with Crippen molar-refractivity contribution in [2.75, 3.05) is 64.2 Å². The molecule has 0 aromatic rings. The van der Waals surface area contributed by atoms with Crippen molar-refractivity contribution in [3.63, 3.8) is 0 Å². The lowest BCUT2D eigenvalue weighted by Crippen LogP contribution is -2.54. The van der Waals surface area contributed by atoms with Gasteiger partial charge in [-0.05, 0) is 12.8 Å². The number of carbonyl (C=O) groups is 6. The van der Waals surface area contributed by atoms with Gasteiger partial charge in [0.05, 0.1) is 64.1 Å². The van der Waals surface area contributed by atoms with Gasteiger partial charge in [0.1, 0.15) is 12.1 Å². The number of ether oxygens (including phenoxy) is 4. The van der Waals surface area contributed by atoms with E-state index in [0.717, 1.165) is 44.9 Å². The lowest BCUT2D eigenvalue weighted by molar-refractivity contribution is -0.155. The minimum Gasteiger partial charge on any atom is -0.465 e. The maximum atomic E-state index is 13.3. The fourth-order valence-electron chi connectivity index (χ4n) is 7.71. The highest BCUT2D eigenvalue weighted by atomic mass is 32.2. The molecular weight excluding hydrogens is 915 g/mol. The third-order valence-electron chi connectivity index (χ3n) is 12.4. The second-order valence-corrected chi connectivity index (χ2v) is 20.1. The van der Waals surface area contributed by atoms with Gasteiger partial charge < -0.3 is 51.5 Å². The number of rotatable bonds is 51. The van der Waals surface area contributed by atoms with Gasteiger partial charge in [-0.1, -0.05) is 182 Å². The van der Waals surface area contributed by atoms with Crippen LogP contribution in [0.3, 0.4) is 0 Å². The smallest absolute Gasteiger partial charge is 0.308 e. The lowest BCUT2D eigenvalue weighted by Gasteiger charge is -2.22. The van der Waals surface area contributed by atoms with Crippen LogP contribution in [0.15, 0.2) is 0 Å². The number of esters is 2. The van der Waals surface area contributed by atoms with Crippen LogP contribution in [0.1, 0.15) is 207 Å². The van der Waals surface area contributed by atoms with Gasteiger partial charge in [-0.3, -0.25) is 28.8 Å². The van der Waals surface area contributed by atoms with Gasteiger partial charge in [0, 0.05) is 30.9 Å². The lowest BCUT2D eigenvalue weighted by atomic mass is 10.0. The molecule has 4 amide bonds. The van der Waals surface area contributed by atoms with Gasteiger partial charge in [-0.15, -0.1) is 0 Å². The minimum atomic E-state index is -1.23. The van der Waals surface area contributed by atoms with E-state index in [1.807, 2.05) is 13.8 Å². The first-order valence-electron chi connectivity index (χ1n) is 27.5. The van der Waals surface area contributed by atoms with E-state index in [0.29, 0.717) is 12.2 Å². The molecule has 0 heterocycles. The molecule has 16 nitrogen and oxygen atoms in total. The Balaban J connectivity index is 4.85. The van der Waals surface area contributed by atoms with Gasteiger partial charge in [-0.25, -0.2) is 0 Å². The molecule has 17 heteroatoms. The molecule has 0 saturated heterocycles. The van der Waals surface area contributed by atoms with Gasteiger partial charge in [-0.2, -0.15) is 11.8 Å². The van der Waals surface area contributed by atoms with Crippen LogP contribution in [0.25, 0.3) is 0 Å². The summed E-state index contributed by atoms with van der Waals surface area (Å²) in [5.41, 5.74) is 11.2.